The highest BCUT2D eigenvalue weighted by Crippen LogP contribution is 2.20. The summed E-state index contributed by atoms with van der Waals surface area (Å²) in [4.78, 5) is 11.9. The van der Waals surface area contributed by atoms with Crippen LogP contribution >= 0.6 is 0 Å². The van der Waals surface area contributed by atoms with E-state index < -0.39 is 11.6 Å². The molecule has 0 aliphatic carbocycles. The molecule has 0 fully saturated rings. The molecular formula is C16H15F2NO. The molecule has 2 aromatic rings. The minimum Gasteiger partial charge on any atom is -0.326 e. The van der Waals surface area contributed by atoms with Gasteiger partial charge in [0.15, 0.2) is 11.6 Å². The molecule has 0 saturated carbocycles. The molecule has 1 N–H and O–H groups in total. The van der Waals surface area contributed by atoms with E-state index in [9.17, 15) is 13.6 Å². The van der Waals surface area contributed by atoms with Crippen LogP contribution in [0.15, 0.2) is 48.5 Å². The van der Waals surface area contributed by atoms with Gasteiger partial charge in [-0.25, -0.2) is 8.78 Å². The van der Waals surface area contributed by atoms with E-state index in [0.29, 0.717) is 0 Å². The van der Waals surface area contributed by atoms with Crippen LogP contribution in [-0.4, -0.2) is 5.91 Å². The van der Waals surface area contributed by atoms with E-state index >= 15 is 0 Å². The first-order valence-electron chi connectivity index (χ1n) is 6.36. The maximum absolute atomic E-state index is 13.0. The zero-order valence-corrected chi connectivity index (χ0v) is 11.1. The van der Waals surface area contributed by atoms with Gasteiger partial charge in [-0.2, -0.15) is 0 Å². The lowest BCUT2D eigenvalue weighted by Gasteiger charge is -2.12. The molecule has 2 rings (SSSR count). The van der Waals surface area contributed by atoms with E-state index in [2.05, 4.69) is 5.32 Å². The largest absolute Gasteiger partial charge is 0.326 e. The summed E-state index contributed by atoms with van der Waals surface area (Å²) < 4.78 is 25.8. The highest BCUT2D eigenvalue weighted by atomic mass is 19.2. The molecule has 0 radical (unpaired) electrons. The molecule has 0 aliphatic heterocycles. The summed E-state index contributed by atoms with van der Waals surface area (Å²) in [6, 6.07) is 13.0. The second-order valence-electron chi connectivity index (χ2n) is 4.69. The number of benzene rings is 2. The van der Waals surface area contributed by atoms with E-state index in [-0.39, 0.29) is 23.9 Å². The monoisotopic (exact) mass is 275 g/mol. The average molecular weight is 275 g/mol. The van der Waals surface area contributed by atoms with Crippen molar-refractivity contribution in [2.24, 2.45) is 0 Å². The molecular weight excluding hydrogens is 260 g/mol. The Morgan fingerprint density at radius 3 is 2.45 bits per heavy atom. The number of hydrogen-bond donors (Lipinski definition) is 1. The quantitative estimate of drug-likeness (QED) is 0.894. The Hall–Kier alpha value is -2.23. The van der Waals surface area contributed by atoms with E-state index in [1.807, 2.05) is 37.3 Å². The summed E-state index contributed by atoms with van der Waals surface area (Å²) in [6.45, 7) is 1.94. The van der Waals surface area contributed by atoms with Crippen LogP contribution in [0, 0.1) is 11.6 Å². The summed E-state index contributed by atoms with van der Waals surface area (Å²) in [5.41, 5.74) is 1.32. The molecule has 0 saturated heterocycles. The second-order valence-corrected chi connectivity index (χ2v) is 4.69. The lowest BCUT2D eigenvalue weighted by Crippen LogP contribution is -2.14. The van der Waals surface area contributed by atoms with E-state index in [0.717, 1.165) is 17.7 Å². The Labute approximate surface area is 116 Å². The molecule has 104 valence electrons. The van der Waals surface area contributed by atoms with E-state index in [1.54, 1.807) is 0 Å². The fourth-order valence-corrected chi connectivity index (χ4v) is 1.96. The minimum absolute atomic E-state index is 0.0569. The predicted molar refractivity (Wildman–Crippen MR) is 74.5 cm³/mol. The number of rotatable bonds is 4. The van der Waals surface area contributed by atoms with Crippen LogP contribution in [-0.2, 0) is 4.79 Å². The molecule has 0 aliphatic rings. The van der Waals surface area contributed by atoms with Gasteiger partial charge in [0, 0.05) is 18.2 Å². The maximum Gasteiger partial charge on any atom is 0.224 e. The van der Waals surface area contributed by atoms with Crippen LogP contribution in [0.1, 0.15) is 24.8 Å². The molecule has 1 amide bonds. The van der Waals surface area contributed by atoms with Gasteiger partial charge in [-0.3, -0.25) is 4.79 Å². The van der Waals surface area contributed by atoms with Crippen molar-refractivity contribution in [3.8, 4) is 0 Å². The summed E-state index contributed by atoms with van der Waals surface area (Å²) in [6.07, 6.45) is 0.281. The van der Waals surface area contributed by atoms with Crippen molar-refractivity contribution in [2.45, 2.75) is 19.3 Å². The third-order valence-corrected chi connectivity index (χ3v) is 3.06. The number of hydrogen-bond acceptors (Lipinski definition) is 1. The van der Waals surface area contributed by atoms with Crippen LogP contribution in [0.3, 0.4) is 0 Å². The zero-order chi connectivity index (χ0) is 14.5. The summed E-state index contributed by atoms with van der Waals surface area (Å²) >= 11 is 0. The molecule has 0 spiro atoms. The molecule has 4 heteroatoms. The van der Waals surface area contributed by atoms with Gasteiger partial charge in [0.25, 0.3) is 0 Å². The van der Waals surface area contributed by atoms with Crippen molar-refractivity contribution >= 4 is 11.6 Å². The first-order chi connectivity index (χ1) is 9.56. The van der Waals surface area contributed by atoms with Crippen LogP contribution in [0.2, 0.25) is 0 Å². The van der Waals surface area contributed by atoms with Crippen LogP contribution in [0.25, 0.3) is 0 Å². The normalized spacial score (nSPS) is 11.9. The van der Waals surface area contributed by atoms with Crippen LogP contribution in [0.5, 0.6) is 0 Å². The summed E-state index contributed by atoms with van der Waals surface area (Å²) in [5.74, 6) is -2.08. The first-order valence-corrected chi connectivity index (χ1v) is 6.36. The average Bonchev–Trinajstić information content (AvgIpc) is 2.44. The Kier molecular flexibility index (Phi) is 4.45. The predicted octanol–water partition coefficient (Wildman–Crippen LogP) is 4.10. The maximum atomic E-state index is 13.0. The van der Waals surface area contributed by atoms with Gasteiger partial charge < -0.3 is 5.32 Å². The zero-order valence-electron chi connectivity index (χ0n) is 11.1. The Bertz CT molecular complexity index is 599. The van der Waals surface area contributed by atoms with Crippen molar-refractivity contribution in [1.29, 1.82) is 0 Å². The molecule has 1 atom stereocenters. The van der Waals surface area contributed by atoms with Gasteiger partial charge in [-0.15, -0.1) is 0 Å². The highest BCUT2D eigenvalue weighted by Gasteiger charge is 2.12. The van der Waals surface area contributed by atoms with Gasteiger partial charge in [0.05, 0.1) is 0 Å². The van der Waals surface area contributed by atoms with Crippen molar-refractivity contribution in [2.75, 3.05) is 5.32 Å². The van der Waals surface area contributed by atoms with Gasteiger partial charge in [-0.05, 0) is 23.6 Å². The topological polar surface area (TPSA) is 29.1 Å². The lowest BCUT2D eigenvalue weighted by atomic mass is 9.97. The van der Waals surface area contributed by atoms with Gasteiger partial charge in [0.2, 0.25) is 5.91 Å². The highest BCUT2D eigenvalue weighted by molar-refractivity contribution is 5.91. The third-order valence-electron chi connectivity index (χ3n) is 3.06. The SMILES string of the molecule is C[C@@H](CC(=O)Nc1ccc(F)c(F)c1)c1ccccc1. The molecule has 0 bridgehead atoms. The lowest BCUT2D eigenvalue weighted by molar-refractivity contribution is -0.116. The van der Waals surface area contributed by atoms with Gasteiger partial charge in [-0.1, -0.05) is 37.3 Å². The molecule has 20 heavy (non-hydrogen) atoms. The van der Waals surface area contributed by atoms with Crippen LogP contribution < -0.4 is 5.32 Å². The standard InChI is InChI=1S/C16H15F2NO/c1-11(12-5-3-2-4-6-12)9-16(20)19-13-7-8-14(17)15(18)10-13/h2-8,10-11H,9H2,1H3,(H,19,20)/t11-/m0/s1. The number of halogens is 2. The summed E-state index contributed by atoms with van der Waals surface area (Å²) in [7, 11) is 0. The second kappa shape index (κ2) is 6.28. The summed E-state index contributed by atoms with van der Waals surface area (Å²) in [5, 5.41) is 2.57. The fourth-order valence-electron chi connectivity index (χ4n) is 1.96. The Balaban J connectivity index is 1.97. The molecule has 0 unspecified atom stereocenters. The first kappa shape index (κ1) is 14.2. The van der Waals surface area contributed by atoms with Crippen molar-refractivity contribution in [1.82, 2.24) is 0 Å². The van der Waals surface area contributed by atoms with Crippen molar-refractivity contribution in [3.63, 3.8) is 0 Å². The number of carbonyl (C=O) groups is 1. The van der Waals surface area contributed by atoms with E-state index in [4.69, 9.17) is 0 Å². The molecule has 2 aromatic carbocycles. The van der Waals surface area contributed by atoms with Crippen LogP contribution in [0.4, 0.5) is 14.5 Å². The molecule has 2 nitrogen and oxygen atoms in total. The number of amides is 1. The molecule has 0 aromatic heterocycles. The Morgan fingerprint density at radius 1 is 1.10 bits per heavy atom. The smallest absolute Gasteiger partial charge is 0.224 e. The Morgan fingerprint density at radius 2 is 1.80 bits per heavy atom. The third kappa shape index (κ3) is 3.63. The van der Waals surface area contributed by atoms with Crippen molar-refractivity contribution < 1.29 is 13.6 Å². The van der Waals surface area contributed by atoms with Gasteiger partial charge in [0.1, 0.15) is 0 Å². The van der Waals surface area contributed by atoms with E-state index in [1.165, 1.54) is 6.07 Å². The minimum atomic E-state index is -0.973. The number of nitrogens with one attached hydrogen (secondary N) is 1. The number of carbonyl (C=O) groups excluding carboxylic acids is 1. The number of anilines is 1. The molecule has 0 heterocycles. The van der Waals surface area contributed by atoms with Gasteiger partial charge >= 0.3 is 0 Å². The fraction of sp³-hybridized carbons (Fsp3) is 0.188. The van der Waals surface area contributed by atoms with Crippen molar-refractivity contribution in [3.05, 3.63) is 65.7 Å².